The number of benzene rings is 2. The highest BCUT2D eigenvalue weighted by atomic mass is 35.5. The van der Waals surface area contributed by atoms with Gasteiger partial charge >= 0.3 is 5.97 Å². The lowest BCUT2D eigenvalue weighted by atomic mass is 9.69. The van der Waals surface area contributed by atoms with Crippen molar-refractivity contribution in [1.82, 2.24) is 0 Å². The quantitative estimate of drug-likeness (QED) is 0.419. The zero-order valence-corrected chi connectivity index (χ0v) is 21.6. The Morgan fingerprint density at radius 3 is 2.44 bits per heavy atom. The van der Waals surface area contributed by atoms with Crippen LogP contribution in [0.25, 0.3) is 0 Å². The van der Waals surface area contributed by atoms with Gasteiger partial charge < -0.3 is 9.47 Å². The Balaban J connectivity index is 1.55. The lowest BCUT2D eigenvalue weighted by Gasteiger charge is -2.37. The fourth-order valence-corrected chi connectivity index (χ4v) is 6.14. The van der Waals surface area contributed by atoms with Crippen LogP contribution in [0.15, 0.2) is 64.8 Å². The van der Waals surface area contributed by atoms with Gasteiger partial charge in [0.25, 0.3) is 0 Å². The van der Waals surface area contributed by atoms with Gasteiger partial charge in [0.15, 0.2) is 5.78 Å². The summed E-state index contributed by atoms with van der Waals surface area (Å²) < 4.78 is 11.7. The van der Waals surface area contributed by atoms with Crippen molar-refractivity contribution in [3.8, 4) is 5.75 Å². The number of para-hydroxylation sites is 1. The normalized spacial score (nSPS) is 24.7. The molecule has 2 aromatic rings. The molecule has 0 radical (unpaired) electrons. The Hall–Kier alpha value is -2.92. The maximum Gasteiger partial charge on any atom is 0.315 e. The van der Waals surface area contributed by atoms with E-state index >= 15 is 0 Å². The largest absolute Gasteiger partial charge is 0.496 e. The molecular weight excluding hydrogens is 474 g/mol. The van der Waals surface area contributed by atoms with Crippen LogP contribution in [-0.2, 0) is 14.3 Å². The second kappa shape index (κ2) is 10.6. The van der Waals surface area contributed by atoms with Crippen LogP contribution in [0.4, 0.5) is 0 Å². The molecule has 0 spiro atoms. The summed E-state index contributed by atoms with van der Waals surface area (Å²) in [5.74, 6) is -0.722. The number of allylic oxidation sites excluding steroid dienone is 2. The molecule has 3 aliphatic rings. The van der Waals surface area contributed by atoms with Crippen molar-refractivity contribution in [1.29, 1.82) is 0 Å². The molecule has 1 fully saturated rings. The van der Waals surface area contributed by atoms with Crippen LogP contribution in [0.2, 0.25) is 5.02 Å². The Bertz CT molecular complexity index is 1210. The standard InChI is InChI=1S/C30H32ClNO4/c1-18-27(30(34)36-22-8-4-3-5-9-22)28(23-10-6-7-11-26(23)35-2)29-24(32-18)16-20(17-25(29)33)19-12-14-21(31)15-13-19/h6-7,10-15,20,22,27-28H,3-5,8-9,16-17H2,1-2H3/t20-,27?,28+/m1/s1. The molecule has 188 valence electrons. The molecule has 0 N–H and O–H groups in total. The number of nitrogens with zero attached hydrogens (tertiary/aromatic N) is 1. The second-order valence-electron chi connectivity index (χ2n) is 10.1. The van der Waals surface area contributed by atoms with Crippen molar-refractivity contribution in [2.24, 2.45) is 10.9 Å². The van der Waals surface area contributed by atoms with Gasteiger partial charge in [-0.3, -0.25) is 14.6 Å². The first kappa shape index (κ1) is 24.8. The van der Waals surface area contributed by atoms with Crippen molar-refractivity contribution in [3.63, 3.8) is 0 Å². The number of rotatable bonds is 5. The van der Waals surface area contributed by atoms with E-state index < -0.39 is 11.8 Å². The molecule has 5 rings (SSSR count). The van der Waals surface area contributed by atoms with Crippen LogP contribution in [0.5, 0.6) is 5.75 Å². The van der Waals surface area contributed by atoms with Crippen molar-refractivity contribution >= 4 is 29.1 Å². The van der Waals surface area contributed by atoms with Gasteiger partial charge in [-0.15, -0.1) is 0 Å². The first-order chi connectivity index (χ1) is 17.5. The van der Waals surface area contributed by atoms with Crippen LogP contribution < -0.4 is 4.74 Å². The van der Waals surface area contributed by atoms with E-state index in [9.17, 15) is 9.59 Å². The first-order valence-electron chi connectivity index (χ1n) is 12.9. The van der Waals surface area contributed by atoms with Gasteiger partial charge in [-0.1, -0.05) is 48.4 Å². The van der Waals surface area contributed by atoms with Crippen LogP contribution in [-0.4, -0.2) is 30.7 Å². The van der Waals surface area contributed by atoms with Crippen molar-refractivity contribution in [2.45, 2.75) is 69.8 Å². The van der Waals surface area contributed by atoms with E-state index in [-0.39, 0.29) is 23.8 Å². The lowest BCUT2D eigenvalue weighted by Crippen LogP contribution is -2.39. The lowest BCUT2D eigenvalue weighted by molar-refractivity contribution is -0.153. The molecule has 36 heavy (non-hydrogen) atoms. The van der Waals surface area contributed by atoms with Crippen LogP contribution >= 0.6 is 11.6 Å². The Labute approximate surface area is 217 Å². The number of ether oxygens (including phenoxy) is 2. The summed E-state index contributed by atoms with van der Waals surface area (Å²) in [6, 6.07) is 15.3. The predicted molar refractivity (Wildman–Crippen MR) is 141 cm³/mol. The molecule has 1 heterocycles. The summed E-state index contributed by atoms with van der Waals surface area (Å²) in [5.41, 5.74) is 3.97. The summed E-state index contributed by atoms with van der Waals surface area (Å²) in [5, 5.41) is 0.669. The van der Waals surface area contributed by atoms with E-state index in [1.807, 2.05) is 55.5 Å². The molecular formula is C30H32ClNO4. The molecule has 0 aromatic heterocycles. The number of aliphatic imine (C=N–C) groups is 1. The van der Waals surface area contributed by atoms with E-state index in [1.165, 1.54) is 6.42 Å². The van der Waals surface area contributed by atoms with E-state index in [4.69, 9.17) is 26.1 Å². The Kier molecular flexibility index (Phi) is 7.29. The number of hydrogen-bond donors (Lipinski definition) is 0. The van der Waals surface area contributed by atoms with E-state index in [1.54, 1.807) is 7.11 Å². The average molecular weight is 506 g/mol. The predicted octanol–water partition coefficient (Wildman–Crippen LogP) is 6.80. The van der Waals surface area contributed by atoms with Gasteiger partial charge in [-0.25, -0.2) is 0 Å². The molecule has 5 nitrogen and oxygen atoms in total. The van der Waals surface area contributed by atoms with Crippen LogP contribution in [0.1, 0.15) is 74.8 Å². The smallest absolute Gasteiger partial charge is 0.315 e. The van der Waals surface area contributed by atoms with Crippen molar-refractivity contribution < 1.29 is 19.1 Å². The molecule has 3 atom stereocenters. The van der Waals surface area contributed by atoms with Gasteiger partial charge in [0.1, 0.15) is 17.8 Å². The third-order valence-corrected chi connectivity index (χ3v) is 8.04. The number of ketones is 1. The highest BCUT2D eigenvalue weighted by Crippen LogP contribution is 2.48. The summed E-state index contributed by atoms with van der Waals surface area (Å²) in [6.07, 6.45) is 6.05. The van der Waals surface area contributed by atoms with Crippen LogP contribution in [0, 0.1) is 5.92 Å². The Morgan fingerprint density at radius 1 is 1.00 bits per heavy atom. The number of hydrogen-bond acceptors (Lipinski definition) is 5. The number of Topliss-reactive ketones (excluding diaryl/α,β-unsaturated/α-hetero) is 1. The van der Waals surface area contributed by atoms with Gasteiger partial charge in [-0.05, 0) is 68.7 Å². The van der Waals surface area contributed by atoms with E-state index in [2.05, 4.69) is 0 Å². The number of methoxy groups -OCH3 is 1. The molecule has 1 unspecified atom stereocenters. The average Bonchev–Trinajstić information content (AvgIpc) is 2.88. The summed E-state index contributed by atoms with van der Waals surface area (Å²) in [7, 11) is 1.62. The zero-order chi connectivity index (χ0) is 25.2. The van der Waals surface area contributed by atoms with Crippen molar-refractivity contribution in [3.05, 3.63) is 76.0 Å². The van der Waals surface area contributed by atoms with Gasteiger partial charge in [-0.2, -0.15) is 0 Å². The molecule has 0 saturated heterocycles. The molecule has 2 aliphatic carbocycles. The fraction of sp³-hybridized carbons (Fsp3) is 0.433. The number of carbonyl (C=O) groups is 2. The van der Waals surface area contributed by atoms with Gasteiger partial charge in [0.05, 0.1) is 7.11 Å². The third kappa shape index (κ3) is 4.86. The molecule has 0 bridgehead atoms. The highest BCUT2D eigenvalue weighted by Gasteiger charge is 2.46. The van der Waals surface area contributed by atoms with Gasteiger partial charge in [0.2, 0.25) is 0 Å². The molecule has 1 saturated carbocycles. The maximum absolute atomic E-state index is 13.8. The second-order valence-corrected chi connectivity index (χ2v) is 10.5. The molecule has 0 amide bonds. The van der Waals surface area contributed by atoms with E-state index in [0.717, 1.165) is 42.5 Å². The Morgan fingerprint density at radius 2 is 1.72 bits per heavy atom. The SMILES string of the molecule is COc1ccccc1[C@@H]1C2=C(C[C@@H](c3ccc(Cl)cc3)CC2=O)N=C(C)C1C(=O)OC1CCCCC1. The summed E-state index contributed by atoms with van der Waals surface area (Å²) in [6.45, 7) is 1.88. The maximum atomic E-state index is 13.8. The number of carbonyl (C=O) groups excluding carboxylic acids is 2. The highest BCUT2D eigenvalue weighted by molar-refractivity contribution is 6.30. The first-order valence-corrected chi connectivity index (χ1v) is 13.2. The topological polar surface area (TPSA) is 65.0 Å². The third-order valence-electron chi connectivity index (χ3n) is 7.79. The van der Waals surface area contributed by atoms with Crippen molar-refractivity contribution in [2.75, 3.05) is 7.11 Å². The summed E-state index contributed by atoms with van der Waals surface area (Å²) >= 11 is 6.09. The molecule has 6 heteroatoms. The molecule has 2 aromatic carbocycles. The minimum atomic E-state index is -0.655. The monoisotopic (exact) mass is 505 g/mol. The number of halogens is 1. The minimum Gasteiger partial charge on any atom is -0.496 e. The summed E-state index contributed by atoms with van der Waals surface area (Å²) in [4.78, 5) is 32.3. The van der Waals surface area contributed by atoms with E-state index in [0.29, 0.717) is 34.9 Å². The minimum absolute atomic E-state index is 0.0223. The van der Waals surface area contributed by atoms with Gasteiger partial charge in [0, 0.05) is 39.9 Å². The van der Waals surface area contributed by atoms with Crippen LogP contribution in [0.3, 0.4) is 0 Å². The fourth-order valence-electron chi connectivity index (χ4n) is 6.02. The number of esters is 1. The zero-order valence-electron chi connectivity index (χ0n) is 20.8. The molecule has 1 aliphatic heterocycles.